The summed E-state index contributed by atoms with van der Waals surface area (Å²) in [5.41, 5.74) is 5.71. The molecule has 0 spiro atoms. The van der Waals surface area contributed by atoms with Crippen molar-refractivity contribution >= 4 is 126 Å². The third-order valence-electron chi connectivity index (χ3n) is 7.96. The summed E-state index contributed by atoms with van der Waals surface area (Å²) in [4.78, 5) is 111. The van der Waals surface area contributed by atoms with Crippen LogP contribution in [0, 0.1) is 24.5 Å². The first kappa shape index (κ1) is 69.0. The van der Waals surface area contributed by atoms with Gasteiger partial charge in [0.15, 0.2) is 5.78 Å². The fourth-order valence-corrected chi connectivity index (χ4v) is 7.66. The molecule has 1 aliphatic rings. The molecule has 5 N–H and O–H groups in total. The second-order valence-corrected chi connectivity index (χ2v) is 19.3. The number of carbonyl (C=O) groups is 9. The van der Waals surface area contributed by atoms with Gasteiger partial charge in [-0.15, -0.1) is 34.3 Å². The first-order valence-electron chi connectivity index (χ1n) is 19.6. The molecule has 2 unspecified atom stereocenters. The van der Waals surface area contributed by atoms with Gasteiger partial charge >= 0.3 is 36.0 Å². The number of nitrogens with one attached hydrogen (secondary N) is 2. The summed E-state index contributed by atoms with van der Waals surface area (Å²) in [6.45, 7) is 6.83. The molecular formula is C42H64ClN9O15S4. The van der Waals surface area contributed by atoms with Crippen LogP contribution in [-0.4, -0.2) is 185 Å². The zero-order valence-electron chi connectivity index (χ0n) is 41.8. The van der Waals surface area contributed by atoms with E-state index in [0.29, 0.717) is 33.3 Å². The topological polar surface area (TPSA) is 319 Å². The Bertz CT molecular complexity index is 2310. The average molecular weight is 1100 g/mol. The van der Waals surface area contributed by atoms with E-state index in [2.05, 4.69) is 25.1 Å². The molecule has 2 aromatic rings. The third-order valence-corrected chi connectivity index (χ3v) is 11.9. The van der Waals surface area contributed by atoms with Crippen LogP contribution in [0.4, 0.5) is 29.2 Å². The zero-order valence-corrected chi connectivity index (χ0v) is 45.8. The molecule has 1 aliphatic heterocycles. The summed E-state index contributed by atoms with van der Waals surface area (Å²) >= 11 is 9.68. The number of aliphatic hydroxyl groups is 1. The van der Waals surface area contributed by atoms with Crippen LogP contribution in [0.3, 0.4) is 0 Å². The molecule has 0 aromatic carbocycles. The van der Waals surface area contributed by atoms with Gasteiger partial charge in [-0.3, -0.25) is 29.8 Å². The number of alkyl halides is 1. The van der Waals surface area contributed by atoms with Crippen LogP contribution in [0.25, 0.3) is 0 Å². The lowest BCUT2D eigenvalue weighted by Crippen LogP contribution is -2.28. The summed E-state index contributed by atoms with van der Waals surface area (Å²) in [6, 6.07) is -1.13. The Kier molecular flexibility index (Phi) is 33.1. The lowest BCUT2D eigenvalue weighted by Gasteiger charge is -2.11. The number of primary amides is 1. The fraction of sp³-hybridized carbons (Fsp3) is 0.500. The highest BCUT2D eigenvalue weighted by Gasteiger charge is 2.35. The number of halogens is 1. The number of esters is 3. The van der Waals surface area contributed by atoms with E-state index in [1.165, 1.54) is 84.7 Å². The Balaban J connectivity index is -0.000000835. The summed E-state index contributed by atoms with van der Waals surface area (Å²) in [7, 11) is 19.4. The number of urea groups is 3. The highest BCUT2D eigenvalue weighted by atomic mass is 35.5. The summed E-state index contributed by atoms with van der Waals surface area (Å²) in [5.74, 6) is -1.97. The molecule has 0 bridgehead atoms. The minimum Gasteiger partial charge on any atom is -0.510 e. The maximum absolute atomic E-state index is 11.7. The van der Waals surface area contributed by atoms with Crippen LogP contribution in [0.15, 0.2) is 16.3 Å². The summed E-state index contributed by atoms with van der Waals surface area (Å²) < 4.78 is 23.8. The Morgan fingerprint density at radius 3 is 1.54 bits per heavy atom. The van der Waals surface area contributed by atoms with Crippen molar-refractivity contribution in [2.24, 2.45) is 10.7 Å². The number of amides is 8. The van der Waals surface area contributed by atoms with E-state index in [-0.39, 0.29) is 69.7 Å². The van der Waals surface area contributed by atoms with Gasteiger partial charge in [-0.05, 0) is 27.7 Å². The number of hydrogen-bond donors (Lipinski definition) is 4. The Morgan fingerprint density at radius 2 is 1.21 bits per heavy atom. The number of methoxy groups -OCH3 is 5. The quantitative estimate of drug-likeness (QED) is 0.0636. The van der Waals surface area contributed by atoms with Crippen LogP contribution < -0.4 is 25.8 Å². The van der Waals surface area contributed by atoms with Crippen molar-refractivity contribution in [3.8, 4) is 16.9 Å². The minimum absolute atomic E-state index is 0. The van der Waals surface area contributed by atoms with Crippen molar-refractivity contribution in [1.29, 1.82) is 5.26 Å². The molecule has 24 nitrogen and oxygen atoms in total. The number of thiocyanates is 1. The normalized spacial score (nSPS) is 12.7. The third kappa shape index (κ3) is 23.0. The van der Waals surface area contributed by atoms with Gasteiger partial charge in [0, 0.05) is 66.1 Å². The molecular weight excluding hydrogens is 1030 g/mol. The highest BCUT2D eigenvalue weighted by Crippen LogP contribution is 2.40. The zero-order chi connectivity index (χ0) is 54.9. The number of aliphatic imine (C=N–C) groups is 1. The molecule has 0 aliphatic carbocycles. The molecule has 0 saturated carbocycles. The van der Waals surface area contributed by atoms with Crippen molar-refractivity contribution in [1.82, 2.24) is 19.6 Å². The molecule has 0 radical (unpaired) electrons. The molecule has 3 heterocycles. The number of thiophene rings is 2. The molecule has 71 heavy (non-hydrogen) atoms. The number of rotatable bonds is 10. The van der Waals surface area contributed by atoms with Crippen LogP contribution in [0.2, 0.25) is 0 Å². The van der Waals surface area contributed by atoms with E-state index < -0.39 is 35.2 Å². The first-order chi connectivity index (χ1) is 32.4. The van der Waals surface area contributed by atoms with E-state index in [1.54, 1.807) is 82.6 Å². The highest BCUT2D eigenvalue weighted by molar-refractivity contribution is 8.17. The Morgan fingerprint density at radius 1 is 0.775 bits per heavy atom. The predicted molar refractivity (Wildman–Crippen MR) is 278 cm³/mol. The van der Waals surface area contributed by atoms with E-state index in [9.17, 15) is 48.3 Å². The SMILES string of the molecule is C.CN(C)C(=O)SC#N.COC(=O)C1=C(O)C(C)SC1=NC(=O)N(C)C.COC(=O)CC(=O)C(C)Cl.COC(=O)c1c(NC(=O)N(C)C)sc(C)c1OC.COc1c(C)sc(NC(=O)N(C)C)c1C(N)=O. The number of ketones is 1. The van der Waals surface area contributed by atoms with Gasteiger partial charge in [0.2, 0.25) is 0 Å². The smallest absolute Gasteiger partial charge is 0.344 e. The molecule has 0 saturated heterocycles. The van der Waals surface area contributed by atoms with E-state index in [4.69, 9.17) is 36.8 Å². The number of nitrogens with two attached hydrogens (primary N) is 1. The van der Waals surface area contributed by atoms with Gasteiger partial charge in [0.25, 0.3) is 11.1 Å². The molecule has 2 aromatic heterocycles. The average Bonchev–Trinajstić information content (AvgIpc) is 3.89. The first-order valence-corrected chi connectivity index (χ1v) is 23.4. The standard InChI is InChI=1S/C11H16N2O4S.C10H15N3O3S.C10H14N2O4S.C6H9ClO3.C4H6N2OS.CH4/c1-6-8(16-4)7(10(14)17-5)9(18-6)12-11(15)13(2)3;1-5-7(16-4)6(8(11)14)9(17-5)12-10(15)13(2)3;1-5-7(13)6(9(14)16-4)8(17-5)11-10(15)12(2)3;1-4(7)5(8)3-6(9)10-2;1-6(2)4(7)8-3-5;/h1-5H3,(H,12,15);1-4H3,(H2,11,14)(H,12,15);5,13H,1-4H3;4H,3H2,1-2H3;1-2H3;1H4. The van der Waals surface area contributed by atoms with Crippen LogP contribution in [0.1, 0.15) is 58.2 Å². The van der Waals surface area contributed by atoms with E-state index >= 15 is 0 Å². The fourth-order valence-electron chi connectivity index (χ4n) is 4.30. The largest absolute Gasteiger partial charge is 0.510 e. The van der Waals surface area contributed by atoms with Gasteiger partial charge < -0.3 is 54.1 Å². The van der Waals surface area contributed by atoms with E-state index in [1.807, 2.05) is 0 Å². The number of thioether (sulfide) groups is 2. The second kappa shape index (κ2) is 34.1. The van der Waals surface area contributed by atoms with Crippen molar-refractivity contribution in [3.63, 3.8) is 0 Å². The molecule has 2 atom stereocenters. The maximum atomic E-state index is 11.7. The number of nitriles is 1. The van der Waals surface area contributed by atoms with Crippen molar-refractivity contribution in [2.75, 3.05) is 103 Å². The van der Waals surface area contributed by atoms with Gasteiger partial charge in [-0.2, -0.15) is 10.3 Å². The van der Waals surface area contributed by atoms with Gasteiger partial charge in [0.1, 0.15) is 60.8 Å². The maximum Gasteiger partial charge on any atom is 0.344 e. The minimum atomic E-state index is -0.690. The monoisotopic (exact) mass is 1100 g/mol. The van der Waals surface area contributed by atoms with Crippen molar-refractivity contribution in [2.45, 2.75) is 52.2 Å². The number of aliphatic hydroxyl groups excluding tert-OH is 1. The molecule has 398 valence electrons. The lowest BCUT2D eigenvalue weighted by atomic mass is 10.2. The predicted octanol–water partition coefficient (Wildman–Crippen LogP) is 6.65. The Hall–Kier alpha value is -6.28. The molecule has 3 rings (SSSR count). The van der Waals surface area contributed by atoms with Gasteiger partial charge in [-0.25, -0.2) is 24.0 Å². The Labute approximate surface area is 435 Å². The second-order valence-electron chi connectivity index (χ2n) is 14.1. The number of hydrogen-bond acceptors (Lipinski definition) is 20. The van der Waals surface area contributed by atoms with Gasteiger partial charge in [0.05, 0.1) is 57.9 Å². The number of aryl methyl sites for hydroxylation is 2. The van der Waals surface area contributed by atoms with Crippen LogP contribution in [-0.2, 0) is 28.6 Å². The summed E-state index contributed by atoms with van der Waals surface area (Å²) in [6.07, 6.45) is -0.235. The lowest BCUT2D eigenvalue weighted by molar-refractivity contribution is -0.143. The molecule has 0 fully saturated rings. The van der Waals surface area contributed by atoms with Crippen LogP contribution in [0.5, 0.6) is 11.5 Å². The number of carbonyl (C=O) groups excluding carboxylic acids is 9. The number of ether oxygens (including phenoxy) is 5. The number of anilines is 2. The van der Waals surface area contributed by atoms with Crippen LogP contribution >= 0.6 is 57.8 Å². The van der Waals surface area contributed by atoms with Gasteiger partial charge in [-0.1, -0.05) is 19.2 Å². The van der Waals surface area contributed by atoms with E-state index in [0.717, 1.165) is 21.5 Å². The number of nitrogens with zero attached hydrogens (tertiary/aromatic N) is 6. The molecule has 29 heteroatoms. The number of Topliss-reactive ketones (excluding diaryl/α,β-unsaturated/α-hetero) is 1. The summed E-state index contributed by atoms with van der Waals surface area (Å²) in [5, 5.41) is 24.5. The van der Waals surface area contributed by atoms with Crippen molar-refractivity contribution in [3.05, 3.63) is 32.2 Å². The van der Waals surface area contributed by atoms with Crippen molar-refractivity contribution < 1.29 is 71.9 Å². The molecule has 8 amide bonds.